The van der Waals surface area contributed by atoms with Crippen molar-refractivity contribution in [1.82, 2.24) is 20.6 Å². The van der Waals surface area contributed by atoms with Crippen molar-refractivity contribution in [3.63, 3.8) is 0 Å². The van der Waals surface area contributed by atoms with Crippen molar-refractivity contribution < 1.29 is 19.1 Å². The number of methoxy groups -OCH3 is 1. The van der Waals surface area contributed by atoms with E-state index in [1.54, 1.807) is 24.3 Å². The lowest BCUT2D eigenvalue weighted by Gasteiger charge is -2.12. The molecule has 0 aliphatic heterocycles. The Kier molecular flexibility index (Phi) is 9.33. The fourth-order valence-electron chi connectivity index (χ4n) is 2.69. The molecule has 0 saturated carbocycles. The van der Waals surface area contributed by atoms with Crippen molar-refractivity contribution in [1.29, 1.82) is 0 Å². The third kappa shape index (κ3) is 6.58. The molecule has 9 nitrogen and oxygen atoms in total. The zero-order chi connectivity index (χ0) is 21.9. The van der Waals surface area contributed by atoms with Gasteiger partial charge in [0.05, 0.1) is 18.2 Å². The molecule has 1 aromatic carbocycles. The highest BCUT2D eigenvalue weighted by Gasteiger charge is 2.17. The van der Waals surface area contributed by atoms with Crippen molar-refractivity contribution in [2.24, 2.45) is 0 Å². The summed E-state index contributed by atoms with van der Waals surface area (Å²) >= 11 is 1.26. The summed E-state index contributed by atoms with van der Waals surface area (Å²) < 4.78 is 5.82. The van der Waals surface area contributed by atoms with E-state index in [2.05, 4.69) is 27.6 Å². The first-order chi connectivity index (χ1) is 14.5. The van der Waals surface area contributed by atoms with Crippen molar-refractivity contribution in [3.8, 4) is 0 Å². The van der Waals surface area contributed by atoms with E-state index in [-0.39, 0.29) is 29.4 Å². The third-order valence-corrected chi connectivity index (χ3v) is 5.23. The highest BCUT2D eigenvalue weighted by Crippen LogP contribution is 2.13. The summed E-state index contributed by atoms with van der Waals surface area (Å²) in [5.41, 5.74) is 4.51. The first-order valence-corrected chi connectivity index (χ1v) is 10.9. The number of aryl methyl sites for hydroxylation is 1. The number of carbonyl (C=O) groups excluding carboxylic acids is 3. The van der Waals surface area contributed by atoms with E-state index in [1.165, 1.54) is 23.6 Å². The molecule has 0 radical (unpaired) electrons. The molecule has 30 heavy (non-hydrogen) atoms. The van der Waals surface area contributed by atoms with Crippen LogP contribution in [0.1, 0.15) is 43.1 Å². The normalized spacial score (nSPS) is 10.6. The molecule has 2 N–H and O–H groups in total. The van der Waals surface area contributed by atoms with Gasteiger partial charge >= 0.3 is 5.97 Å². The number of thioether (sulfide) groups is 1. The molecule has 1 heterocycles. The molecule has 10 heteroatoms. The second-order valence-corrected chi connectivity index (χ2v) is 7.62. The van der Waals surface area contributed by atoms with E-state index >= 15 is 0 Å². The molecule has 0 aliphatic carbocycles. The lowest BCUT2D eigenvalue weighted by Crippen LogP contribution is -2.43. The fourth-order valence-corrected chi connectivity index (χ4v) is 3.45. The summed E-state index contributed by atoms with van der Waals surface area (Å²) in [5.74, 6) is -0.806. The molecular formula is C20H26N4O5S. The fraction of sp³-hybridized carbons (Fsp3) is 0.450. The van der Waals surface area contributed by atoms with Crippen LogP contribution in [0.2, 0.25) is 0 Å². The standard InChI is InChI=1S/C20H26N4O5S/c1-3-4-7-11-24-20(28)15-9-6-5-8-14(15)18(23-24)19(27)22-21-16(25)10-12-30-13-17(26)29-2/h5-6,8-9H,3-4,7,10-13H2,1-2H3,(H,21,25)(H,22,27). The van der Waals surface area contributed by atoms with E-state index in [1.807, 2.05) is 0 Å². The number of fused-ring (bicyclic) bond motifs is 1. The minimum atomic E-state index is -0.606. The molecule has 0 saturated heterocycles. The zero-order valence-electron chi connectivity index (χ0n) is 17.1. The van der Waals surface area contributed by atoms with Crippen LogP contribution in [-0.2, 0) is 20.9 Å². The smallest absolute Gasteiger partial charge is 0.315 e. The second kappa shape index (κ2) is 12.0. The summed E-state index contributed by atoms with van der Waals surface area (Å²) in [6.45, 7) is 2.48. The Morgan fingerprint density at radius 3 is 2.57 bits per heavy atom. The molecule has 2 rings (SSSR count). The maximum absolute atomic E-state index is 12.6. The summed E-state index contributed by atoms with van der Waals surface area (Å²) in [6.07, 6.45) is 2.85. The van der Waals surface area contributed by atoms with Gasteiger partial charge in [-0.1, -0.05) is 38.0 Å². The van der Waals surface area contributed by atoms with E-state index in [4.69, 9.17) is 0 Å². The van der Waals surface area contributed by atoms with Crippen LogP contribution in [0.4, 0.5) is 0 Å². The number of rotatable bonds is 10. The molecular weight excluding hydrogens is 408 g/mol. The highest BCUT2D eigenvalue weighted by atomic mass is 32.2. The van der Waals surface area contributed by atoms with Gasteiger partial charge in [0.2, 0.25) is 5.91 Å². The first kappa shape index (κ1) is 23.4. The Morgan fingerprint density at radius 1 is 1.13 bits per heavy atom. The zero-order valence-corrected chi connectivity index (χ0v) is 17.9. The van der Waals surface area contributed by atoms with Gasteiger partial charge in [-0.05, 0) is 12.5 Å². The van der Waals surface area contributed by atoms with E-state index in [0.29, 0.717) is 23.1 Å². The van der Waals surface area contributed by atoms with Crippen LogP contribution in [-0.4, -0.2) is 46.2 Å². The Balaban J connectivity index is 2.04. The summed E-state index contributed by atoms with van der Waals surface area (Å²) in [7, 11) is 1.30. The van der Waals surface area contributed by atoms with Crippen molar-refractivity contribution in [2.45, 2.75) is 39.2 Å². The Bertz CT molecular complexity index is 960. The predicted molar refractivity (Wildman–Crippen MR) is 115 cm³/mol. The number of esters is 1. The number of hydrogen-bond acceptors (Lipinski definition) is 7. The van der Waals surface area contributed by atoms with Gasteiger partial charge in [-0.2, -0.15) is 5.10 Å². The molecule has 2 aromatic rings. The van der Waals surface area contributed by atoms with Crippen LogP contribution < -0.4 is 16.4 Å². The minimum absolute atomic E-state index is 0.0714. The molecule has 0 bridgehead atoms. The minimum Gasteiger partial charge on any atom is -0.468 e. The van der Waals surface area contributed by atoms with E-state index in [0.717, 1.165) is 19.3 Å². The van der Waals surface area contributed by atoms with Gasteiger partial charge in [0.1, 0.15) is 0 Å². The molecule has 0 spiro atoms. The van der Waals surface area contributed by atoms with Crippen molar-refractivity contribution in [2.75, 3.05) is 18.6 Å². The van der Waals surface area contributed by atoms with Gasteiger partial charge in [-0.15, -0.1) is 11.8 Å². The van der Waals surface area contributed by atoms with Crippen LogP contribution >= 0.6 is 11.8 Å². The van der Waals surface area contributed by atoms with Crippen molar-refractivity contribution in [3.05, 3.63) is 40.3 Å². The average molecular weight is 435 g/mol. The molecule has 1 aromatic heterocycles. The van der Waals surface area contributed by atoms with Gasteiger partial charge in [-0.25, -0.2) is 4.68 Å². The van der Waals surface area contributed by atoms with E-state index < -0.39 is 11.8 Å². The molecule has 0 atom stereocenters. The number of amides is 2. The quantitative estimate of drug-likeness (QED) is 0.331. The molecule has 2 amide bonds. The van der Waals surface area contributed by atoms with Crippen LogP contribution in [0.5, 0.6) is 0 Å². The van der Waals surface area contributed by atoms with Gasteiger partial charge in [-0.3, -0.25) is 30.0 Å². The number of hydrogen-bond donors (Lipinski definition) is 2. The van der Waals surface area contributed by atoms with Crippen LogP contribution in [0.25, 0.3) is 10.8 Å². The molecule has 0 unspecified atom stereocenters. The number of aromatic nitrogens is 2. The number of carbonyl (C=O) groups is 3. The van der Waals surface area contributed by atoms with Gasteiger partial charge in [0, 0.05) is 24.1 Å². The van der Waals surface area contributed by atoms with Gasteiger partial charge in [0.25, 0.3) is 11.5 Å². The predicted octanol–water partition coefficient (Wildman–Crippen LogP) is 1.64. The molecule has 0 fully saturated rings. The summed E-state index contributed by atoms with van der Waals surface area (Å²) in [5, 5.41) is 5.07. The van der Waals surface area contributed by atoms with Gasteiger partial charge < -0.3 is 4.74 Å². The lowest BCUT2D eigenvalue weighted by atomic mass is 10.1. The number of ether oxygens (including phenoxy) is 1. The number of unbranched alkanes of at least 4 members (excludes halogenated alkanes) is 2. The number of benzene rings is 1. The van der Waals surface area contributed by atoms with Crippen LogP contribution in [0.3, 0.4) is 0 Å². The SMILES string of the molecule is CCCCCn1nc(C(=O)NNC(=O)CCSCC(=O)OC)c2ccccc2c1=O. The van der Waals surface area contributed by atoms with E-state index in [9.17, 15) is 19.2 Å². The number of nitrogens with one attached hydrogen (secondary N) is 2. The lowest BCUT2D eigenvalue weighted by molar-refractivity contribution is -0.137. The van der Waals surface area contributed by atoms with Crippen LogP contribution in [0, 0.1) is 0 Å². The second-order valence-electron chi connectivity index (χ2n) is 6.51. The first-order valence-electron chi connectivity index (χ1n) is 9.71. The Morgan fingerprint density at radius 2 is 1.87 bits per heavy atom. The van der Waals surface area contributed by atoms with Crippen LogP contribution in [0.15, 0.2) is 29.1 Å². The topological polar surface area (TPSA) is 119 Å². The highest BCUT2D eigenvalue weighted by molar-refractivity contribution is 7.99. The summed E-state index contributed by atoms with van der Waals surface area (Å²) in [6, 6.07) is 6.76. The molecule has 0 aliphatic rings. The Labute approximate surface area is 178 Å². The Hall–Kier alpha value is -2.88. The molecule has 162 valence electrons. The number of hydrazine groups is 1. The van der Waals surface area contributed by atoms with Gasteiger partial charge in [0.15, 0.2) is 5.69 Å². The summed E-state index contributed by atoms with van der Waals surface area (Å²) in [4.78, 5) is 48.2. The maximum Gasteiger partial charge on any atom is 0.315 e. The maximum atomic E-state index is 12.6. The monoisotopic (exact) mass is 434 g/mol. The third-order valence-electron chi connectivity index (χ3n) is 4.29. The average Bonchev–Trinajstić information content (AvgIpc) is 2.76. The largest absolute Gasteiger partial charge is 0.468 e. The van der Waals surface area contributed by atoms with Crippen molar-refractivity contribution >= 4 is 40.3 Å². The number of nitrogens with zero attached hydrogens (tertiary/aromatic N) is 2.